The van der Waals surface area contributed by atoms with E-state index in [4.69, 9.17) is 0 Å². The van der Waals surface area contributed by atoms with Crippen molar-refractivity contribution >= 4 is 20.0 Å². The quantitative estimate of drug-likeness (QED) is 0.730. The summed E-state index contributed by atoms with van der Waals surface area (Å²) in [5.74, 6) is 0. The molecule has 8 heteroatoms. The molecule has 0 saturated carbocycles. The third-order valence-corrected chi connectivity index (χ3v) is 5.99. The van der Waals surface area contributed by atoms with Crippen molar-refractivity contribution in [1.29, 1.82) is 0 Å². The van der Waals surface area contributed by atoms with Crippen molar-refractivity contribution in [3.05, 3.63) is 29.8 Å². The average molecular weight is 348 g/mol. The summed E-state index contributed by atoms with van der Waals surface area (Å²) >= 11 is 0. The molecule has 0 saturated heterocycles. The highest BCUT2D eigenvalue weighted by atomic mass is 32.2. The van der Waals surface area contributed by atoms with Crippen molar-refractivity contribution < 1.29 is 16.8 Å². The van der Waals surface area contributed by atoms with E-state index in [-0.39, 0.29) is 18.0 Å². The molecule has 0 heterocycles. The number of benzene rings is 1. The Morgan fingerprint density at radius 1 is 1.05 bits per heavy atom. The van der Waals surface area contributed by atoms with E-state index >= 15 is 0 Å². The first-order chi connectivity index (χ1) is 10.2. The molecule has 0 bridgehead atoms. The summed E-state index contributed by atoms with van der Waals surface area (Å²) in [6, 6.07) is 6.50. The fourth-order valence-corrected chi connectivity index (χ4v) is 3.79. The number of rotatable bonds is 9. The predicted octanol–water partition coefficient (Wildman–Crippen LogP) is 1.34. The van der Waals surface area contributed by atoms with Crippen LogP contribution in [0.1, 0.15) is 25.3 Å². The van der Waals surface area contributed by atoms with Gasteiger partial charge in [-0.2, -0.15) is 0 Å². The summed E-state index contributed by atoms with van der Waals surface area (Å²) in [5, 5.41) is 0. The topological polar surface area (TPSA) is 83.6 Å². The Morgan fingerprint density at radius 3 is 2.14 bits per heavy atom. The number of hydrogen-bond acceptors (Lipinski definition) is 4. The molecular formula is C14H24N2O4S2. The number of sulfonamides is 2. The minimum Gasteiger partial charge on any atom is -0.213 e. The van der Waals surface area contributed by atoms with E-state index in [1.165, 1.54) is 16.4 Å². The second-order valence-electron chi connectivity index (χ2n) is 5.23. The molecule has 1 aromatic rings. The normalized spacial score (nSPS) is 12.7. The molecule has 0 atom stereocenters. The van der Waals surface area contributed by atoms with Crippen molar-refractivity contribution in [3.8, 4) is 0 Å². The molecule has 1 aromatic carbocycles. The number of hydrogen-bond donors (Lipinski definition) is 1. The van der Waals surface area contributed by atoms with Gasteiger partial charge in [-0.1, -0.05) is 31.0 Å². The van der Waals surface area contributed by atoms with Gasteiger partial charge in [0.15, 0.2) is 0 Å². The fourth-order valence-electron chi connectivity index (χ4n) is 1.88. The van der Waals surface area contributed by atoms with Gasteiger partial charge in [0, 0.05) is 19.6 Å². The number of aryl methyl sites for hydroxylation is 1. The maximum atomic E-state index is 12.1. The van der Waals surface area contributed by atoms with Crippen molar-refractivity contribution in [2.24, 2.45) is 0 Å². The van der Waals surface area contributed by atoms with E-state index < -0.39 is 20.0 Å². The van der Waals surface area contributed by atoms with Gasteiger partial charge in [0.05, 0.1) is 11.2 Å². The monoisotopic (exact) mass is 348 g/mol. The Morgan fingerprint density at radius 2 is 1.64 bits per heavy atom. The second-order valence-corrected chi connectivity index (χ2v) is 8.98. The molecule has 0 unspecified atom stereocenters. The van der Waals surface area contributed by atoms with Gasteiger partial charge in [-0.3, -0.25) is 0 Å². The van der Waals surface area contributed by atoms with Crippen LogP contribution in [0.5, 0.6) is 0 Å². The molecule has 0 aromatic heterocycles. The molecule has 0 aliphatic rings. The van der Waals surface area contributed by atoms with E-state index in [1.807, 2.05) is 13.8 Å². The van der Waals surface area contributed by atoms with Gasteiger partial charge < -0.3 is 0 Å². The van der Waals surface area contributed by atoms with Crippen LogP contribution in [0.25, 0.3) is 0 Å². The predicted molar refractivity (Wildman–Crippen MR) is 87.7 cm³/mol. The largest absolute Gasteiger partial charge is 0.240 e. The first kappa shape index (κ1) is 19.1. The van der Waals surface area contributed by atoms with Crippen LogP contribution in [0.3, 0.4) is 0 Å². The molecule has 0 aliphatic heterocycles. The fraction of sp³-hybridized carbons (Fsp3) is 0.571. The Bertz CT molecular complexity index is 667. The minimum absolute atomic E-state index is 0.0486. The standard InChI is InChI=1S/C14H24N2O4S2/c1-4-5-11-16(21(3,17)18)12-10-15-22(19,20)14-8-6-13(2)7-9-14/h6-9,15H,4-5,10-12H2,1-3H3. The number of nitrogens with one attached hydrogen (secondary N) is 1. The summed E-state index contributed by atoms with van der Waals surface area (Å²) in [6.07, 6.45) is 2.76. The third kappa shape index (κ3) is 6.04. The van der Waals surface area contributed by atoms with Crippen molar-refractivity contribution in [2.45, 2.75) is 31.6 Å². The van der Waals surface area contributed by atoms with Gasteiger partial charge in [0.2, 0.25) is 20.0 Å². The van der Waals surface area contributed by atoms with Crippen LogP contribution in [0.4, 0.5) is 0 Å². The lowest BCUT2D eigenvalue weighted by molar-refractivity contribution is 0.408. The van der Waals surface area contributed by atoms with Gasteiger partial charge in [-0.15, -0.1) is 0 Å². The Balaban J connectivity index is 2.65. The summed E-state index contributed by atoms with van der Waals surface area (Å²) < 4.78 is 51.3. The number of nitrogens with zero attached hydrogens (tertiary/aromatic N) is 1. The van der Waals surface area contributed by atoms with E-state index in [2.05, 4.69) is 4.72 Å². The van der Waals surface area contributed by atoms with Crippen molar-refractivity contribution in [3.63, 3.8) is 0 Å². The molecule has 0 radical (unpaired) electrons. The smallest absolute Gasteiger partial charge is 0.213 e. The molecule has 0 amide bonds. The highest BCUT2D eigenvalue weighted by molar-refractivity contribution is 7.89. The second kappa shape index (κ2) is 8.05. The molecule has 126 valence electrons. The third-order valence-electron chi connectivity index (χ3n) is 3.21. The van der Waals surface area contributed by atoms with Crippen LogP contribution >= 0.6 is 0 Å². The van der Waals surface area contributed by atoms with Crippen LogP contribution in [0.15, 0.2) is 29.2 Å². The maximum absolute atomic E-state index is 12.1. The molecule has 0 fully saturated rings. The van der Waals surface area contributed by atoms with Gasteiger partial charge >= 0.3 is 0 Å². The zero-order valence-corrected chi connectivity index (χ0v) is 14.9. The Kier molecular flexibility index (Phi) is 6.98. The zero-order chi connectivity index (χ0) is 16.8. The van der Waals surface area contributed by atoms with Crippen LogP contribution < -0.4 is 4.72 Å². The van der Waals surface area contributed by atoms with E-state index in [1.54, 1.807) is 12.1 Å². The maximum Gasteiger partial charge on any atom is 0.240 e. The lowest BCUT2D eigenvalue weighted by Gasteiger charge is -2.19. The first-order valence-electron chi connectivity index (χ1n) is 7.18. The average Bonchev–Trinajstić information content (AvgIpc) is 2.41. The van der Waals surface area contributed by atoms with E-state index in [0.29, 0.717) is 6.54 Å². The van der Waals surface area contributed by atoms with Gasteiger partial charge in [-0.05, 0) is 25.5 Å². The summed E-state index contributed by atoms with van der Waals surface area (Å²) in [6.45, 7) is 4.43. The summed E-state index contributed by atoms with van der Waals surface area (Å²) in [5.41, 5.74) is 0.974. The Labute approximate surface area is 133 Å². The van der Waals surface area contributed by atoms with Crippen LogP contribution in [-0.2, 0) is 20.0 Å². The van der Waals surface area contributed by atoms with Crippen molar-refractivity contribution in [2.75, 3.05) is 25.9 Å². The van der Waals surface area contributed by atoms with Crippen molar-refractivity contribution in [1.82, 2.24) is 9.03 Å². The highest BCUT2D eigenvalue weighted by Gasteiger charge is 2.18. The lowest BCUT2D eigenvalue weighted by Crippen LogP contribution is -2.38. The molecular weight excluding hydrogens is 324 g/mol. The van der Waals surface area contributed by atoms with Crippen LogP contribution in [0.2, 0.25) is 0 Å². The molecule has 0 aliphatic carbocycles. The molecule has 1 rings (SSSR count). The zero-order valence-electron chi connectivity index (χ0n) is 13.2. The molecule has 22 heavy (non-hydrogen) atoms. The first-order valence-corrected chi connectivity index (χ1v) is 10.5. The minimum atomic E-state index is -3.61. The summed E-state index contributed by atoms with van der Waals surface area (Å²) in [4.78, 5) is 0.178. The molecule has 1 N–H and O–H groups in total. The summed E-state index contributed by atoms with van der Waals surface area (Å²) in [7, 11) is -6.94. The Hall–Kier alpha value is -0.960. The molecule has 6 nitrogen and oxygen atoms in total. The lowest BCUT2D eigenvalue weighted by atomic mass is 10.2. The SMILES string of the molecule is CCCCN(CCNS(=O)(=O)c1ccc(C)cc1)S(C)(=O)=O. The van der Waals surface area contributed by atoms with Gasteiger partial charge in [-0.25, -0.2) is 25.9 Å². The van der Waals surface area contributed by atoms with E-state index in [9.17, 15) is 16.8 Å². The van der Waals surface area contributed by atoms with Crippen LogP contribution in [0, 0.1) is 6.92 Å². The molecule has 0 spiro atoms. The highest BCUT2D eigenvalue weighted by Crippen LogP contribution is 2.09. The van der Waals surface area contributed by atoms with Crippen LogP contribution in [-0.4, -0.2) is 47.0 Å². The van der Waals surface area contributed by atoms with E-state index in [0.717, 1.165) is 24.7 Å². The number of unbranched alkanes of at least 4 members (excludes halogenated alkanes) is 1. The van der Waals surface area contributed by atoms with Gasteiger partial charge in [0.25, 0.3) is 0 Å². The van der Waals surface area contributed by atoms with Gasteiger partial charge in [0.1, 0.15) is 0 Å².